The van der Waals surface area contributed by atoms with Crippen LogP contribution in [-0.4, -0.2) is 43.2 Å². The molecule has 0 radical (unpaired) electrons. The molecule has 2 aromatic heterocycles. The van der Waals surface area contributed by atoms with E-state index < -0.39 is 0 Å². The quantitative estimate of drug-likeness (QED) is 0.361. The molecule has 2 fully saturated rings. The van der Waals surface area contributed by atoms with Crippen molar-refractivity contribution in [1.82, 2.24) is 30.1 Å². The number of pyridine rings is 1. The summed E-state index contributed by atoms with van der Waals surface area (Å²) < 4.78 is 2.05. The topological polar surface area (TPSA) is 79.7 Å². The fraction of sp³-hybridized carbons (Fsp3) is 0.484. The van der Waals surface area contributed by atoms with Crippen LogP contribution in [0.2, 0.25) is 0 Å². The number of hydrogen-bond donors (Lipinski definition) is 1. The average Bonchev–Trinajstić information content (AvgIpc) is 3.43. The molecule has 2 aromatic carbocycles. The maximum Gasteiger partial charge on any atom is 0.253 e. The van der Waals surface area contributed by atoms with Gasteiger partial charge in [0.1, 0.15) is 6.04 Å². The summed E-state index contributed by atoms with van der Waals surface area (Å²) in [4.78, 5) is 19.4. The lowest BCUT2D eigenvalue weighted by molar-refractivity contribution is 0.140. The van der Waals surface area contributed by atoms with E-state index in [2.05, 4.69) is 87.8 Å². The lowest BCUT2D eigenvalue weighted by Gasteiger charge is -2.37. The van der Waals surface area contributed by atoms with Crippen LogP contribution in [0.4, 0.5) is 0 Å². The van der Waals surface area contributed by atoms with Gasteiger partial charge in [0.05, 0.1) is 11.6 Å². The standard InChI is InChI=1S/C31H38N6O/c1-21-13-14-25-20-27(31(38)32-28(25)22(21)2)29(30-33-34-35-37(30)26-11-7-4-8-12-26)36-17-15-24(16-18-36)19-23-9-5-3-6-10-23/h3,5-6,9-10,13-14,20,24,26,29H,4,7-8,11-12,15-19H2,1-2H3,(H,32,38). The van der Waals surface area contributed by atoms with Crippen molar-refractivity contribution < 1.29 is 0 Å². The van der Waals surface area contributed by atoms with Gasteiger partial charge in [0, 0.05) is 5.56 Å². The smallest absolute Gasteiger partial charge is 0.253 e. The summed E-state index contributed by atoms with van der Waals surface area (Å²) in [7, 11) is 0. The van der Waals surface area contributed by atoms with Gasteiger partial charge >= 0.3 is 0 Å². The number of likely N-dealkylation sites (tertiary alicyclic amines) is 1. The van der Waals surface area contributed by atoms with Gasteiger partial charge in [-0.25, -0.2) is 4.68 Å². The van der Waals surface area contributed by atoms with Gasteiger partial charge in [-0.15, -0.1) is 5.10 Å². The Morgan fingerprint density at radius 1 is 0.974 bits per heavy atom. The number of benzene rings is 2. The highest BCUT2D eigenvalue weighted by molar-refractivity contribution is 5.83. The molecule has 0 amide bonds. The number of fused-ring (bicyclic) bond motifs is 1. The molecule has 1 saturated carbocycles. The van der Waals surface area contributed by atoms with E-state index in [1.54, 1.807) is 0 Å². The molecule has 2 aliphatic rings. The molecule has 1 unspecified atom stereocenters. The van der Waals surface area contributed by atoms with Crippen LogP contribution in [0.25, 0.3) is 10.9 Å². The summed E-state index contributed by atoms with van der Waals surface area (Å²) in [6.45, 7) is 6.00. The second-order valence-corrected chi connectivity index (χ2v) is 11.4. The summed E-state index contributed by atoms with van der Waals surface area (Å²) in [5.74, 6) is 1.45. The van der Waals surface area contributed by atoms with E-state index in [1.165, 1.54) is 30.4 Å². The monoisotopic (exact) mass is 510 g/mol. The number of tetrazole rings is 1. The molecule has 3 heterocycles. The molecule has 4 aromatic rings. The first kappa shape index (κ1) is 25.0. The third-order valence-electron chi connectivity index (χ3n) is 8.94. The highest BCUT2D eigenvalue weighted by Crippen LogP contribution is 2.35. The zero-order chi connectivity index (χ0) is 26.1. The van der Waals surface area contributed by atoms with Crippen LogP contribution in [0.15, 0.2) is 53.3 Å². The number of aryl methyl sites for hydroxylation is 2. The molecule has 1 atom stereocenters. The number of hydrogen-bond acceptors (Lipinski definition) is 5. The molecule has 1 aliphatic heterocycles. The van der Waals surface area contributed by atoms with Gasteiger partial charge in [-0.3, -0.25) is 9.69 Å². The fourth-order valence-corrected chi connectivity index (χ4v) is 6.57. The van der Waals surface area contributed by atoms with Crippen molar-refractivity contribution >= 4 is 10.9 Å². The van der Waals surface area contributed by atoms with E-state index in [0.717, 1.165) is 73.0 Å². The van der Waals surface area contributed by atoms with E-state index in [4.69, 9.17) is 0 Å². The van der Waals surface area contributed by atoms with Crippen LogP contribution in [0.5, 0.6) is 0 Å². The van der Waals surface area contributed by atoms with E-state index in [0.29, 0.717) is 12.0 Å². The zero-order valence-electron chi connectivity index (χ0n) is 22.6. The Balaban J connectivity index is 1.36. The Bertz CT molecular complexity index is 1440. The first-order valence-corrected chi connectivity index (χ1v) is 14.3. The summed E-state index contributed by atoms with van der Waals surface area (Å²) in [6, 6.07) is 17.2. The van der Waals surface area contributed by atoms with Crippen molar-refractivity contribution in [3.8, 4) is 0 Å². The van der Waals surface area contributed by atoms with E-state index >= 15 is 0 Å². The fourth-order valence-electron chi connectivity index (χ4n) is 6.57. The Morgan fingerprint density at radius 2 is 1.74 bits per heavy atom. The number of piperidine rings is 1. The predicted octanol–water partition coefficient (Wildman–Crippen LogP) is 5.68. The highest BCUT2D eigenvalue weighted by Gasteiger charge is 2.35. The van der Waals surface area contributed by atoms with Crippen molar-refractivity contribution in [3.05, 3.63) is 87.0 Å². The molecule has 7 nitrogen and oxygen atoms in total. The van der Waals surface area contributed by atoms with Crippen LogP contribution < -0.4 is 5.56 Å². The first-order valence-electron chi connectivity index (χ1n) is 14.3. The van der Waals surface area contributed by atoms with Crippen molar-refractivity contribution in [2.24, 2.45) is 5.92 Å². The summed E-state index contributed by atoms with van der Waals surface area (Å²) in [5, 5.41) is 14.3. The number of aromatic nitrogens is 5. The van der Waals surface area contributed by atoms with Gasteiger partial charge in [0.2, 0.25) is 0 Å². The number of aromatic amines is 1. The third kappa shape index (κ3) is 4.92. The van der Waals surface area contributed by atoms with Crippen molar-refractivity contribution in [3.63, 3.8) is 0 Å². The Hall–Kier alpha value is -3.32. The molecular formula is C31H38N6O. The molecule has 7 heteroatoms. The Morgan fingerprint density at radius 3 is 2.50 bits per heavy atom. The number of nitrogens with one attached hydrogen (secondary N) is 1. The van der Waals surface area contributed by atoms with E-state index in [1.807, 2.05) is 4.68 Å². The minimum atomic E-state index is -0.264. The predicted molar refractivity (Wildman–Crippen MR) is 150 cm³/mol. The van der Waals surface area contributed by atoms with Gasteiger partial charge in [-0.05, 0) is 104 Å². The molecule has 1 aliphatic carbocycles. The minimum absolute atomic E-state index is 0.0409. The maximum absolute atomic E-state index is 13.7. The van der Waals surface area contributed by atoms with Crippen molar-refractivity contribution in [2.45, 2.75) is 77.3 Å². The number of H-pyrrole nitrogens is 1. The average molecular weight is 511 g/mol. The molecular weight excluding hydrogens is 472 g/mol. The number of nitrogens with zero attached hydrogens (tertiary/aromatic N) is 5. The van der Waals surface area contributed by atoms with E-state index in [9.17, 15) is 4.79 Å². The van der Waals surface area contributed by atoms with Crippen LogP contribution in [0, 0.1) is 19.8 Å². The second kappa shape index (κ2) is 10.8. The number of rotatable bonds is 6. The van der Waals surface area contributed by atoms with Gasteiger partial charge in [-0.2, -0.15) is 0 Å². The Labute approximate surface area is 224 Å². The summed E-state index contributed by atoms with van der Waals surface area (Å²) >= 11 is 0. The lowest BCUT2D eigenvalue weighted by atomic mass is 9.88. The molecule has 0 spiro atoms. The molecule has 38 heavy (non-hydrogen) atoms. The van der Waals surface area contributed by atoms with Gasteiger partial charge in [0.25, 0.3) is 5.56 Å². The minimum Gasteiger partial charge on any atom is -0.321 e. The third-order valence-corrected chi connectivity index (χ3v) is 8.94. The van der Waals surface area contributed by atoms with Crippen LogP contribution in [0.3, 0.4) is 0 Å². The molecule has 1 N–H and O–H groups in total. The molecule has 1 saturated heterocycles. The molecule has 0 bridgehead atoms. The van der Waals surface area contributed by atoms with Gasteiger partial charge in [0.15, 0.2) is 5.82 Å². The van der Waals surface area contributed by atoms with Crippen molar-refractivity contribution in [1.29, 1.82) is 0 Å². The van der Waals surface area contributed by atoms with Gasteiger partial charge in [-0.1, -0.05) is 61.7 Å². The second-order valence-electron chi connectivity index (χ2n) is 11.4. The highest BCUT2D eigenvalue weighted by atomic mass is 16.1. The van der Waals surface area contributed by atoms with Crippen LogP contribution in [0.1, 0.15) is 85.1 Å². The largest absolute Gasteiger partial charge is 0.321 e. The maximum atomic E-state index is 13.7. The molecule has 6 rings (SSSR count). The van der Waals surface area contributed by atoms with Crippen LogP contribution >= 0.6 is 0 Å². The normalized spacial score (nSPS) is 18.7. The van der Waals surface area contributed by atoms with Crippen molar-refractivity contribution in [2.75, 3.05) is 13.1 Å². The van der Waals surface area contributed by atoms with Gasteiger partial charge < -0.3 is 4.98 Å². The summed E-state index contributed by atoms with van der Waals surface area (Å²) in [5.41, 5.74) is 5.33. The lowest BCUT2D eigenvalue weighted by Crippen LogP contribution is -2.41. The zero-order valence-corrected chi connectivity index (χ0v) is 22.6. The Kier molecular flexibility index (Phi) is 7.11. The van der Waals surface area contributed by atoms with Crippen LogP contribution in [-0.2, 0) is 6.42 Å². The summed E-state index contributed by atoms with van der Waals surface area (Å²) in [6.07, 6.45) is 9.17. The first-order chi connectivity index (χ1) is 18.6. The SMILES string of the molecule is Cc1ccc2cc(C(c3nnnn3C3CCCCC3)N3CCC(Cc4ccccc4)CC3)c(=O)[nH]c2c1C. The molecule has 198 valence electrons. The van der Waals surface area contributed by atoms with E-state index in [-0.39, 0.29) is 11.6 Å².